The van der Waals surface area contributed by atoms with Gasteiger partial charge in [0.15, 0.2) is 0 Å². The number of ether oxygens (including phenoxy) is 1. The van der Waals surface area contributed by atoms with Crippen LogP contribution in [0.3, 0.4) is 0 Å². The molecule has 0 aliphatic rings. The minimum Gasteiger partial charge on any atom is -0.467 e. The van der Waals surface area contributed by atoms with Crippen LogP contribution in [0.1, 0.15) is 5.76 Å². The van der Waals surface area contributed by atoms with Crippen molar-refractivity contribution in [2.24, 2.45) is 0 Å². The Labute approximate surface area is 105 Å². The van der Waals surface area contributed by atoms with Gasteiger partial charge >= 0.3 is 6.09 Å². The zero-order valence-electron chi connectivity index (χ0n) is 9.97. The SMILES string of the molecule is COC(=O)Nc1ccc(NCc2ccco2)cc1. The normalized spacial score (nSPS) is 9.83. The molecule has 18 heavy (non-hydrogen) atoms. The summed E-state index contributed by atoms with van der Waals surface area (Å²) >= 11 is 0. The summed E-state index contributed by atoms with van der Waals surface area (Å²) in [6.07, 6.45) is 1.16. The van der Waals surface area contributed by atoms with Crippen molar-refractivity contribution in [3.63, 3.8) is 0 Å². The van der Waals surface area contributed by atoms with E-state index < -0.39 is 6.09 Å². The molecule has 0 atom stereocenters. The molecular formula is C13H14N2O3. The van der Waals surface area contributed by atoms with E-state index in [2.05, 4.69) is 15.4 Å². The van der Waals surface area contributed by atoms with E-state index in [0.29, 0.717) is 12.2 Å². The maximum Gasteiger partial charge on any atom is 0.411 e. The van der Waals surface area contributed by atoms with Crippen molar-refractivity contribution in [1.29, 1.82) is 0 Å². The van der Waals surface area contributed by atoms with Gasteiger partial charge in [-0.05, 0) is 36.4 Å². The predicted molar refractivity (Wildman–Crippen MR) is 68.5 cm³/mol. The molecular weight excluding hydrogens is 232 g/mol. The maximum atomic E-state index is 11.0. The van der Waals surface area contributed by atoms with Gasteiger partial charge in [-0.15, -0.1) is 0 Å². The third-order valence-electron chi connectivity index (χ3n) is 2.36. The lowest BCUT2D eigenvalue weighted by Gasteiger charge is -2.06. The number of carbonyl (C=O) groups excluding carboxylic acids is 1. The maximum absolute atomic E-state index is 11.0. The van der Waals surface area contributed by atoms with E-state index in [0.717, 1.165) is 11.4 Å². The Hall–Kier alpha value is -2.43. The average Bonchev–Trinajstić information content (AvgIpc) is 2.91. The molecule has 1 amide bonds. The molecule has 1 aromatic heterocycles. The van der Waals surface area contributed by atoms with E-state index in [4.69, 9.17) is 4.42 Å². The summed E-state index contributed by atoms with van der Waals surface area (Å²) in [6.45, 7) is 0.622. The van der Waals surface area contributed by atoms with Crippen LogP contribution in [0, 0.1) is 0 Å². The van der Waals surface area contributed by atoms with Gasteiger partial charge in [0.25, 0.3) is 0 Å². The van der Waals surface area contributed by atoms with Gasteiger partial charge in [0.1, 0.15) is 5.76 Å². The van der Waals surface area contributed by atoms with Crippen molar-refractivity contribution in [1.82, 2.24) is 0 Å². The lowest BCUT2D eigenvalue weighted by molar-refractivity contribution is 0.187. The van der Waals surface area contributed by atoms with Crippen LogP contribution >= 0.6 is 0 Å². The highest BCUT2D eigenvalue weighted by atomic mass is 16.5. The fourth-order valence-corrected chi connectivity index (χ4v) is 1.44. The summed E-state index contributed by atoms with van der Waals surface area (Å²) in [6, 6.07) is 11.1. The molecule has 2 N–H and O–H groups in total. The second kappa shape index (κ2) is 5.77. The Kier molecular flexibility index (Phi) is 3.86. The smallest absolute Gasteiger partial charge is 0.411 e. The Morgan fingerprint density at radius 1 is 1.22 bits per heavy atom. The molecule has 94 valence electrons. The van der Waals surface area contributed by atoms with Crippen LogP contribution < -0.4 is 10.6 Å². The Morgan fingerprint density at radius 2 is 1.94 bits per heavy atom. The molecule has 2 aromatic rings. The second-order valence-electron chi connectivity index (χ2n) is 3.63. The molecule has 1 heterocycles. The van der Waals surface area contributed by atoms with E-state index in [1.165, 1.54) is 7.11 Å². The third-order valence-corrected chi connectivity index (χ3v) is 2.36. The van der Waals surface area contributed by atoms with Gasteiger partial charge in [0.2, 0.25) is 0 Å². The fourth-order valence-electron chi connectivity index (χ4n) is 1.44. The number of nitrogens with one attached hydrogen (secondary N) is 2. The number of hydrogen-bond acceptors (Lipinski definition) is 4. The zero-order chi connectivity index (χ0) is 12.8. The van der Waals surface area contributed by atoms with Gasteiger partial charge < -0.3 is 14.5 Å². The first-order valence-corrected chi connectivity index (χ1v) is 5.49. The highest BCUT2D eigenvalue weighted by Gasteiger charge is 2.00. The summed E-state index contributed by atoms with van der Waals surface area (Å²) in [7, 11) is 1.33. The van der Waals surface area contributed by atoms with Crippen molar-refractivity contribution < 1.29 is 13.9 Å². The van der Waals surface area contributed by atoms with Crippen LogP contribution in [-0.2, 0) is 11.3 Å². The van der Waals surface area contributed by atoms with Gasteiger partial charge in [-0.3, -0.25) is 5.32 Å². The highest BCUT2D eigenvalue weighted by molar-refractivity contribution is 5.84. The molecule has 0 fully saturated rings. The average molecular weight is 246 g/mol. The van der Waals surface area contributed by atoms with Gasteiger partial charge in [-0.2, -0.15) is 0 Å². The van der Waals surface area contributed by atoms with Crippen LogP contribution in [-0.4, -0.2) is 13.2 Å². The quantitative estimate of drug-likeness (QED) is 0.870. The molecule has 5 heteroatoms. The first kappa shape index (κ1) is 12.0. The summed E-state index contributed by atoms with van der Waals surface area (Å²) < 4.78 is 9.71. The predicted octanol–water partition coefficient (Wildman–Crippen LogP) is 3.07. The van der Waals surface area contributed by atoms with E-state index in [9.17, 15) is 4.79 Å². The fraction of sp³-hybridized carbons (Fsp3) is 0.154. The largest absolute Gasteiger partial charge is 0.467 e. The number of hydrogen-bond donors (Lipinski definition) is 2. The molecule has 0 saturated heterocycles. The molecule has 0 spiro atoms. The first-order valence-electron chi connectivity index (χ1n) is 5.49. The summed E-state index contributed by atoms with van der Waals surface area (Å²) in [5.74, 6) is 0.867. The Morgan fingerprint density at radius 3 is 2.56 bits per heavy atom. The van der Waals surface area contributed by atoms with Crippen molar-refractivity contribution in [2.75, 3.05) is 17.7 Å². The molecule has 5 nitrogen and oxygen atoms in total. The van der Waals surface area contributed by atoms with Crippen LogP contribution in [0.4, 0.5) is 16.2 Å². The third kappa shape index (κ3) is 3.28. The molecule has 0 unspecified atom stereocenters. The van der Waals surface area contributed by atoms with Gasteiger partial charge in [-0.1, -0.05) is 0 Å². The second-order valence-corrected chi connectivity index (χ2v) is 3.63. The van der Waals surface area contributed by atoms with E-state index in [1.54, 1.807) is 18.4 Å². The van der Waals surface area contributed by atoms with E-state index in [1.807, 2.05) is 24.3 Å². The number of rotatable bonds is 4. The molecule has 0 saturated carbocycles. The summed E-state index contributed by atoms with van der Waals surface area (Å²) in [5, 5.41) is 5.78. The van der Waals surface area contributed by atoms with Gasteiger partial charge in [-0.25, -0.2) is 4.79 Å². The van der Waals surface area contributed by atoms with Crippen LogP contribution in [0.2, 0.25) is 0 Å². The Bertz CT molecular complexity index is 491. The van der Waals surface area contributed by atoms with Crippen molar-refractivity contribution in [3.8, 4) is 0 Å². The summed E-state index contributed by atoms with van der Waals surface area (Å²) in [5.41, 5.74) is 1.63. The molecule has 0 bridgehead atoms. The van der Waals surface area contributed by atoms with Crippen LogP contribution in [0.25, 0.3) is 0 Å². The zero-order valence-corrected chi connectivity index (χ0v) is 9.97. The first-order chi connectivity index (χ1) is 8.78. The molecule has 1 aromatic carbocycles. The lowest BCUT2D eigenvalue weighted by Crippen LogP contribution is -2.10. The van der Waals surface area contributed by atoms with E-state index in [-0.39, 0.29) is 0 Å². The van der Waals surface area contributed by atoms with Gasteiger partial charge in [0.05, 0.1) is 19.9 Å². The topological polar surface area (TPSA) is 63.5 Å². The van der Waals surface area contributed by atoms with Crippen molar-refractivity contribution in [3.05, 3.63) is 48.4 Å². The van der Waals surface area contributed by atoms with E-state index >= 15 is 0 Å². The summed E-state index contributed by atoms with van der Waals surface area (Å²) in [4.78, 5) is 11.0. The highest BCUT2D eigenvalue weighted by Crippen LogP contribution is 2.14. The molecule has 0 aliphatic heterocycles. The van der Waals surface area contributed by atoms with Crippen molar-refractivity contribution >= 4 is 17.5 Å². The molecule has 2 rings (SSSR count). The molecule has 0 radical (unpaired) electrons. The number of furan rings is 1. The number of anilines is 2. The lowest BCUT2D eigenvalue weighted by atomic mass is 10.3. The number of benzene rings is 1. The van der Waals surface area contributed by atoms with Crippen LogP contribution in [0.15, 0.2) is 47.1 Å². The van der Waals surface area contributed by atoms with Gasteiger partial charge in [0, 0.05) is 11.4 Å². The number of methoxy groups -OCH3 is 1. The Balaban J connectivity index is 1.89. The standard InChI is InChI=1S/C13H14N2O3/c1-17-13(16)15-11-6-4-10(5-7-11)14-9-12-3-2-8-18-12/h2-8,14H,9H2,1H3,(H,15,16). The minimum absolute atomic E-state index is 0.480. The van der Waals surface area contributed by atoms with Crippen molar-refractivity contribution in [2.45, 2.75) is 6.54 Å². The minimum atomic E-state index is -0.480. The number of amides is 1. The number of carbonyl (C=O) groups is 1. The monoisotopic (exact) mass is 246 g/mol. The molecule has 0 aliphatic carbocycles. The van der Waals surface area contributed by atoms with Crippen LogP contribution in [0.5, 0.6) is 0 Å².